The summed E-state index contributed by atoms with van der Waals surface area (Å²) in [5.41, 5.74) is 0.843. The number of benzene rings is 1. The first-order valence-electron chi connectivity index (χ1n) is 6.43. The molecule has 4 nitrogen and oxygen atoms in total. The van der Waals surface area contributed by atoms with E-state index in [0.29, 0.717) is 17.5 Å². The predicted octanol–water partition coefficient (Wildman–Crippen LogP) is 2.78. The second kappa shape index (κ2) is 7.66. The van der Waals surface area contributed by atoms with Crippen molar-refractivity contribution >= 4 is 11.9 Å². The van der Waals surface area contributed by atoms with E-state index in [1.165, 1.54) is 24.3 Å². The first-order chi connectivity index (χ1) is 9.78. The maximum Gasteiger partial charge on any atom is 0.389 e. The summed E-state index contributed by atoms with van der Waals surface area (Å²) in [7, 11) is 0. The Balaban J connectivity index is 2.42. The Hall–Kier alpha value is -2.05. The number of carbonyl (C=O) groups is 2. The number of carboxylic acids is 1. The molecule has 0 fully saturated rings. The van der Waals surface area contributed by atoms with Crippen LogP contribution in [0.25, 0.3) is 0 Å². The van der Waals surface area contributed by atoms with Crippen LogP contribution in [0.15, 0.2) is 24.3 Å². The number of rotatable bonds is 7. The largest absolute Gasteiger partial charge is 0.481 e. The van der Waals surface area contributed by atoms with E-state index in [4.69, 9.17) is 5.11 Å². The van der Waals surface area contributed by atoms with Crippen LogP contribution in [0.1, 0.15) is 35.2 Å². The van der Waals surface area contributed by atoms with Crippen molar-refractivity contribution in [3.8, 4) is 0 Å². The van der Waals surface area contributed by atoms with Crippen molar-refractivity contribution in [1.82, 2.24) is 5.32 Å². The molecule has 116 valence electrons. The van der Waals surface area contributed by atoms with Crippen LogP contribution in [-0.4, -0.2) is 29.7 Å². The standard InChI is InChI=1S/C14H16F3NO3/c15-14(16,17)8-7-10-3-5-11(6-4-10)13(21)18-9-1-2-12(19)20/h3-6H,1-2,7-9H2,(H,18,21)(H,19,20). The maximum atomic E-state index is 12.1. The third-order valence-corrected chi connectivity index (χ3v) is 2.77. The van der Waals surface area contributed by atoms with Crippen LogP contribution in [0.3, 0.4) is 0 Å². The van der Waals surface area contributed by atoms with Crippen LogP contribution in [0.4, 0.5) is 13.2 Å². The fourth-order valence-corrected chi connectivity index (χ4v) is 1.65. The monoisotopic (exact) mass is 303 g/mol. The van der Waals surface area contributed by atoms with Crippen LogP contribution in [0.2, 0.25) is 0 Å². The summed E-state index contributed by atoms with van der Waals surface area (Å²) < 4.78 is 36.2. The van der Waals surface area contributed by atoms with Gasteiger partial charge in [-0.25, -0.2) is 0 Å². The predicted molar refractivity (Wildman–Crippen MR) is 70.0 cm³/mol. The smallest absolute Gasteiger partial charge is 0.389 e. The highest BCUT2D eigenvalue weighted by atomic mass is 19.4. The molecule has 0 spiro atoms. The van der Waals surface area contributed by atoms with E-state index >= 15 is 0 Å². The number of hydrogen-bond acceptors (Lipinski definition) is 2. The van der Waals surface area contributed by atoms with Gasteiger partial charge in [-0.2, -0.15) is 13.2 Å². The number of amides is 1. The normalized spacial score (nSPS) is 11.2. The van der Waals surface area contributed by atoms with Gasteiger partial charge in [0, 0.05) is 24.9 Å². The van der Waals surface area contributed by atoms with Crippen LogP contribution >= 0.6 is 0 Å². The Morgan fingerprint density at radius 3 is 2.29 bits per heavy atom. The Kier molecular flexibility index (Phi) is 6.20. The average Bonchev–Trinajstić information content (AvgIpc) is 2.40. The molecule has 1 aromatic carbocycles. The summed E-state index contributed by atoms with van der Waals surface area (Å²) in [5.74, 6) is -1.30. The first-order valence-corrected chi connectivity index (χ1v) is 6.43. The van der Waals surface area contributed by atoms with Crippen LogP contribution < -0.4 is 5.32 Å². The zero-order chi connectivity index (χ0) is 15.9. The second-order valence-electron chi connectivity index (χ2n) is 4.57. The van der Waals surface area contributed by atoms with Gasteiger partial charge in [0.25, 0.3) is 5.91 Å². The van der Waals surface area contributed by atoms with Gasteiger partial charge in [0.05, 0.1) is 0 Å². The molecule has 7 heteroatoms. The number of nitrogens with one attached hydrogen (secondary N) is 1. The molecule has 0 aliphatic heterocycles. The van der Waals surface area contributed by atoms with Crippen LogP contribution in [0, 0.1) is 0 Å². The lowest BCUT2D eigenvalue weighted by atomic mass is 10.1. The Labute approximate surface area is 120 Å². The minimum absolute atomic E-state index is 0.0311. The number of hydrogen-bond donors (Lipinski definition) is 2. The molecule has 0 bridgehead atoms. The van der Waals surface area contributed by atoms with Crippen molar-refractivity contribution in [2.24, 2.45) is 0 Å². The van der Waals surface area contributed by atoms with E-state index in [1.54, 1.807) is 0 Å². The van der Waals surface area contributed by atoms with Crippen LogP contribution in [-0.2, 0) is 11.2 Å². The molecule has 0 heterocycles. The van der Waals surface area contributed by atoms with Crippen molar-refractivity contribution in [1.29, 1.82) is 0 Å². The highest BCUT2D eigenvalue weighted by Crippen LogP contribution is 2.22. The Morgan fingerprint density at radius 2 is 1.76 bits per heavy atom. The Morgan fingerprint density at radius 1 is 1.14 bits per heavy atom. The average molecular weight is 303 g/mol. The number of carbonyl (C=O) groups excluding carboxylic acids is 1. The fraction of sp³-hybridized carbons (Fsp3) is 0.429. The molecule has 1 rings (SSSR count). The van der Waals surface area contributed by atoms with Gasteiger partial charge in [-0.15, -0.1) is 0 Å². The molecule has 0 unspecified atom stereocenters. The second-order valence-corrected chi connectivity index (χ2v) is 4.57. The summed E-state index contributed by atoms with van der Waals surface area (Å²) >= 11 is 0. The van der Waals surface area contributed by atoms with Gasteiger partial charge in [0.1, 0.15) is 0 Å². The van der Waals surface area contributed by atoms with Crippen molar-refractivity contribution < 1.29 is 27.9 Å². The topological polar surface area (TPSA) is 66.4 Å². The quantitative estimate of drug-likeness (QED) is 0.761. The number of aryl methyl sites for hydroxylation is 1. The number of aliphatic carboxylic acids is 1. The van der Waals surface area contributed by atoms with Gasteiger partial charge in [-0.1, -0.05) is 12.1 Å². The molecular weight excluding hydrogens is 287 g/mol. The Bertz CT molecular complexity index is 483. The minimum Gasteiger partial charge on any atom is -0.481 e. The molecule has 0 saturated heterocycles. The molecule has 1 aromatic rings. The maximum absolute atomic E-state index is 12.1. The number of alkyl halides is 3. The van der Waals surface area contributed by atoms with Gasteiger partial charge in [-0.05, 0) is 30.5 Å². The summed E-state index contributed by atoms with van der Waals surface area (Å²) in [6, 6.07) is 5.88. The van der Waals surface area contributed by atoms with Gasteiger partial charge in [-0.3, -0.25) is 9.59 Å². The first kappa shape index (κ1) is 17.0. The van der Waals surface area contributed by atoms with E-state index in [0.717, 1.165) is 0 Å². The molecule has 1 amide bonds. The zero-order valence-electron chi connectivity index (χ0n) is 11.2. The zero-order valence-corrected chi connectivity index (χ0v) is 11.2. The van der Waals surface area contributed by atoms with Crippen molar-refractivity contribution in [2.45, 2.75) is 31.9 Å². The lowest BCUT2D eigenvalue weighted by Crippen LogP contribution is -2.24. The van der Waals surface area contributed by atoms with Gasteiger partial charge < -0.3 is 10.4 Å². The van der Waals surface area contributed by atoms with E-state index in [1.807, 2.05) is 0 Å². The lowest BCUT2D eigenvalue weighted by Gasteiger charge is -2.07. The highest BCUT2D eigenvalue weighted by molar-refractivity contribution is 5.94. The van der Waals surface area contributed by atoms with Crippen molar-refractivity contribution in [2.75, 3.05) is 6.54 Å². The fourth-order valence-electron chi connectivity index (χ4n) is 1.65. The van der Waals surface area contributed by atoms with E-state index < -0.39 is 18.6 Å². The molecule has 0 atom stereocenters. The van der Waals surface area contributed by atoms with Gasteiger partial charge in [0.15, 0.2) is 0 Å². The number of carboxylic acid groups (broad SMARTS) is 1. The van der Waals surface area contributed by atoms with Gasteiger partial charge in [0.2, 0.25) is 0 Å². The summed E-state index contributed by atoms with van der Waals surface area (Å²) in [5, 5.41) is 11.0. The summed E-state index contributed by atoms with van der Waals surface area (Å²) in [6.45, 7) is 0.237. The molecule has 21 heavy (non-hydrogen) atoms. The van der Waals surface area contributed by atoms with E-state index in [2.05, 4.69) is 5.32 Å². The van der Waals surface area contributed by atoms with Gasteiger partial charge >= 0.3 is 12.1 Å². The molecule has 0 aliphatic rings. The minimum atomic E-state index is -4.19. The molecule has 0 saturated carbocycles. The van der Waals surface area contributed by atoms with Crippen molar-refractivity contribution in [3.05, 3.63) is 35.4 Å². The number of halogens is 3. The molecule has 2 N–H and O–H groups in total. The third-order valence-electron chi connectivity index (χ3n) is 2.77. The van der Waals surface area contributed by atoms with E-state index in [-0.39, 0.29) is 25.3 Å². The highest BCUT2D eigenvalue weighted by Gasteiger charge is 2.26. The molecule has 0 aliphatic carbocycles. The van der Waals surface area contributed by atoms with E-state index in [9.17, 15) is 22.8 Å². The third kappa shape index (κ3) is 7.34. The lowest BCUT2D eigenvalue weighted by molar-refractivity contribution is -0.137. The SMILES string of the molecule is O=C(O)CCCNC(=O)c1ccc(CCC(F)(F)F)cc1. The molecular formula is C14H16F3NO3. The summed E-state index contributed by atoms with van der Waals surface area (Å²) in [6.07, 6.45) is -4.92. The van der Waals surface area contributed by atoms with Crippen molar-refractivity contribution in [3.63, 3.8) is 0 Å². The molecule has 0 aromatic heterocycles. The van der Waals surface area contributed by atoms with Crippen LogP contribution in [0.5, 0.6) is 0 Å². The summed E-state index contributed by atoms with van der Waals surface area (Å²) in [4.78, 5) is 22.0. The molecule has 0 radical (unpaired) electrons.